The van der Waals surface area contributed by atoms with Gasteiger partial charge in [-0.1, -0.05) is 0 Å². The molecule has 3 nitrogen and oxygen atoms in total. The van der Waals surface area contributed by atoms with E-state index in [2.05, 4.69) is 5.32 Å². The smallest absolute Gasteiger partial charge is 0.139 e. The first-order valence-electron chi connectivity index (χ1n) is 3.13. The highest BCUT2D eigenvalue weighted by Crippen LogP contribution is 1.96. The number of carbonyl (C=O) groups excluding carboxylic acids is 1. The summed E-state index contributed by atoms with van der Waals surface area (Å²) >= 11 is 0. The van der Waals surface area contributed by atoms with Crippen LogP contribution in [0.4, 0.5) is 0 Å². The van der Waals surface area contributed by atoms with Gasteiger partial charge in [0, 0.05) is 6.54 Å². The van der Waals surface area contributed by atoms with Crippen molar-refractivity contribution in [3.8, 4) is 0 Å². The van der Waals surface area contributed by atoms with Crippen LogP contribution in [0.15, 0.2) is 0 Å². The topological polar surface area (TPSA) is 38.3 Å². The lowest BCUT2D eigenvalue weighted by Gasteiger charge is -2.24. The molecule has 0 amide bonds. The van der Waals surface area contributed by atoms with Crippen LogP contribution in [-0.2, 0) is 9.53 Å². The summed E-state index contributed by atoms with van der Waals surface area (Å²) in [6.45, 7) is 3.28. The van der Waals surface area contributed by atoms with Crippen molar-refractivity contribution in [1.29, 1.82) is 0 Å². The van der Waals surface area contributed by atoms with Gasteiger partial charge in [-0.15, -0.1) is 0 Å². The van der Waals surface area contributed by atoms with Crippen molar-refractivity contribution in [3.63, 3.8) is 0 Å². The van der Waals surface area contributed by atoms with E-state index in [0.717, 1.165) is 12.8 Å². The second-order valence-corrected chi connectivity index (χ2v) is 2.29. The molecular weight excluding hydrogens is 118 g/mol. The fraction of sp³-hybridized carbons (Fsp3) is 0.833. The summed E-state index contributed by atoms with van der Waals surface area (Å²) in [5, 5.41) is 3.03. The third-order valence-corrected chi connectivity index (χ3v) is 1.39. The lowest BCUT2D eigenvalue weighted by molar-refractivity contribution is -0.113. The maximum absolute atomic E-state index is 10.1. The van der Waals surface area contributed by atoms with Crippen molar-refractivity contribution in [2.75, 3.05) is 13.2 Å². The molecule has 0 spiro atoms. The largest absolute Gasteiger partial charge is 0.375 e. The number of rotatable bonds is 1. The Hall–Kier alpha value is -0.410. The number of ether oxygens (including phenoxy) is 1. The lowest BCUT2D eigenvalue weighted by atomic mass is 10.2. The molecule has 1 aliphatic rings. The zero-order valence-corrected chi connectivity index (χ0v) is 5.46. The van der Waals surface area contributed by atoms with E-state index < -0.39 is 0 Å². The molecule has 1 N–H and O–H groups in total. The highest BCUT2D eigenvalue weighted by atomic mass is 16.5. The van der Waals surface area contributed by atoms with Crippen LogP contribution in [0.1, 0.15) is 6.92 Å². The molecule has 1 aliphatic heterocycles. The third-order valence-electron chi connectivity index (χ3n) is 1.39. The highest BCUT2D eigenvalue weighted by molar-refractivity contribution is 5.57. The zero-order chi connectivity index (χ0) is 6.69. The van der Waals surface area contributed by atoms with Crippen molar-refractivity contribution in [2.45, 2.75) is 19.1 Å². The van der Waals surface area contributed by atoms with E-state index in [4.69, 9.17) is 4.74 Å². The summed E-state index contributed by atoms with van der Waals surface area (Å²) in [4.78, 5) is 10.1. The van der Waals surface area contributed by atoms with Gasteiger partial charge >= 0.3 is 0 Å². The van der Waals surface area contributed by atoms with Gasteiger partial charge in [-0.25, -0.2) is 0 Å². The summed E-state index contributed by atoms with van der Waals surface area (Å²) in [6.07, 6.45) is 1.13. The van der Waals surface area contributed by atoms with Gasteiger partial charge in [-0.3, -0.25) is 0 Å². The van der Waals surface area contributed by atoms with Gasteiger partial charge in [-0.05, 0) is 6.92 Å². The molecule has 1 saturated heterocycles. The second-order valence-electron chi connectivity index (χ2n) is 2.29. The van der Waals surface area contributed by atoms with E-state index in [1.807, 2.05) is 6.92 Å². The Kier molecular flexibility index (Phi) is 2.19. The van der Waals surface area contributed by atoms with Crippen LogP contribution in [0.5, 0.6) is 0 Å². The molecule has 9 heavy (non-hydrogen) atoms. The molecule has 1 fully saturated rings. The molecule has 0 aromatic carbocycles. The Morgan fingerprint density at radius 3 is 3.00 bits per heavy atom. The molecule has 3 heteroatoms. The van der Waals surface area contributed by atoms with Crippen LogP contribution in [0.2, 0.25) is 0 Å². The first-order valence-corrected chi connectivity index (χ1v) is 3.13. The van der Waals surface area contributed by atoms with Crippen molar-refractivity contribution < 1.29 is 9.53 Å². The summed E-state index contributed by atoms with van der Waals surface area (Å²) in [5.74, 6) is 0. The van der Waals surface area contributed by atoms with E-state index in [1.54, 1.807) is 0 Å². The van der Waals surface area contributed by atoms with Gasteiger partial charge in [0.1, 0.15) is 6.29 Å². The minimum atomic E-state index is -0.0822. The van der Waals surface area contributed by atoms with Crippen LogP contribution in [0, 0.1) is 0 Å². The predicted molar refractivity (Wildman–Crippen MR) is 33.3 cm³/mol. The summed E-state index contributed by atoms with van der Waals surface area (Å²) < 4.78 is 5.19. The molecule has 2 unspecified atom stereocenters. The van der Waals surface area contributed by atoms with Gasteiger partial charge in [-0.2, -0.15) is 0 Å². The Morgan fingerprint density at radius 1 is 1.78 bits per heavy atom. The van der Waals surface area contributed by atoms with Crippen LogP contribution < -0.4 is 5.32 Å². The normalized spacial score (nSPS) is 36.1. The fourth-order valence-electron chi connectivity index (χ4n) is 0.791. The molecular formula is C6H11NO2. The van der Waals surface area contributed by atoms with Gasteiger partial charge in [0.25, 0.3) is 0 Å². The standard InChI is InChI=1S/C6H11NO2/c1-5-2-7-6(3-8)4-9-5/h3,5-7H,2,4H2,1H3. The van der Waals surface area contributed by atoms with E-state index in [0.29, 0.717) is 6.61 Å². The Labute approximate surface area is 54.4 Å². The van der Waals surface area contributed by atoms with Gasteiger partial charge in [0.05, 0.1) is 18.8 Å². The van der Waals surface area contributed by atoms with Crippen molar-refractivity contribution in [2.24, 2.45) is 0 Å². The van der Waals surface area contributed by atoms with E-state index >= 15 is 0 Å². The molecule has 0 saturated carbocycles. The molecule has 1 rings (SSSR count). The summed E-state index contributed by atoms with van der Waals surface area (Å²) in [6, 6.07) is -0.0822. The number of hydrogen-bond donors (Lipinski definition) is 1. The first-order chi connectivity index (χ1) is 4.33. The number of nitrogens with one attached hydrogen (secondary N) is 1. The molecule has 0 radical (unpaired) electrons. The van der Waals surface area contributed by atoms with E-state index in [1.165, 1.54) is 0 Å². The minimum absolute atomic E-state index is 0.0822. The maximum Gasteiger partial charge on any atom is 0.139 e. The monoisotopic (exact) mass is 129 g/mol. The molecule has 0 aromatic rings. The zero-order valence-electron chi connectivity index (χ0n) is 5.46. The summed E-state index contributed by atoms with van der Waals surface area (Å²) in [7, 11) is 0. The van der Waals surface area contributed by atoms with Crippen molar-refractivity contribution >= 4 is 6.29 Å². The van der Waals surface area contributed by atoms with Crippen LogP contribution in [-0.4, -0.2) is 31.6 Å². The third kappa shape index (κ3) is 1.77. The maximum atomic E-state index is 10.1. The fourth-order valence-corrected chi connectivity index (χ4v) is 0.791. The predicted octanol–water partition coefficient (Wildman–Crippen LogP) is -0.438. The Bertz CT molecular complexity index is 97.2. The lowest BCUT2D eigenvalue weighted by Crippen LogP contribution is -2.45. The van der Waals surface area contributed by atoms with Crippen LogP contribution >= 0.6 is 0 Å². The number of aldehydes is 1. The average Bonchev–Trinajstić information content (AvgIpc) is 1.90. The second kappa shape index (κ2) is 2.94. The molecule has 52 valence electrons. The van der Waals surface area contributed by atoms with Crippen molar-refractivity contribution in [3.05, 3.63) is 0 Å². The van der Waals surface area contributed by atoms with Gasteiger partial charge in [0.2, 0.25) is 0 Å². The molecule has 0 bridgehead atoms. The molecule has 2 atom stereocenters. The average molecular weight is 129 g/mol. The number of morpholine rings is 1. The number of carbonyl (C=O) groups is 1. The molecule has 0 aliphatic carbocycles. The van der Waals surface area contributed by atoms with Crippen LogP contribution in [0.3, 0.4) is 0 Å². The van der Waals surface area contributed by atoms with Gasteiger partial charge in [0.15, 0.2) is 0 Å². The Balaban J connectivity index is 2.26. The van der Waals surface area contributed by atoms with E-state index in [-0.39, 0.29) is 12.1 Å². The molecule has 0 aromatic heterocycles. The SMILES string of the molecule is CC1CNC(C=O)CO1. The van der Waals surface area contributed by atoms with Crippen molar-refractivity contribution in [1.82, 2.24) is 5.32 Å². The molecule has 1 heterocycles. The van der Waals surface area contributed by atoms with Gasteiger partial charge < -0.3 is 14.8 Å². The van der Waals surface area contributed by atoms with E-state index in [9.17, 15) is 4.79 Å². The minimum Gasteiger partial charge on any atom is -0.375 e. The summed E-state index contributed by atoms with van der Waals surface area (Å²) in [5.41, 5.74) is 0. The highest BCUT2D eigenvalue weighted by Gasteiger charge is 2.15. The Morgan fingerprint density at radius 2 is 2.56 bits per heavy atom. The number of hydrogen-bond acceptors (Lipinski definition) is 3. The first kappa shape index (κ1) is 6.71. The van der Waals surface area contributed by atoms with Crippen LogP contribution in [0.25, 0.3) is 0 Å². The quantitative estimate of drug-likeness (QED) is 0.488.